The highest BCUT2D eigenvalue weighted by atomic mass is 16.3. The average molecular weight is 340 g/mol. The number of aromatic hydroxyl groups is 2. The lowest BCUT2D eigenvalue weighted by atomic mass is 10.0. The second kappa shape index (κ2) is 8.38. The van der Waals surface area contributed by atoms with Gasteiger partial charge in [0.05, 0.1) is 0 Å². The van der Waals surface area contributed by atoms with Crippen LogP contribution >= 0.6 is 0 Å². The number of phenolic OH excluding ortho intramolecular Hbond substituents is 2. The van der Waals surface area contributed by atoms with E-state index in [1.165, 1.54) is 23.3 Å². The second-order valence-corrected chi connectivity index (χ2v) is 6.39. The van der Waals surface area contributed by atoms with Crippen molar-refractivity contribution in [1.82, 2.24) is 0 Å². The number of carbonyl (C=O) groups excluding carboxylic acids is 1. The first-order chi connectivity index (χ1) is 11.9. The van der Waals surface area contributed by atoms with Gasteiger partial charge >= 0.3 is 0 Å². The number of aldehydes is 1. The Morgan fingerprint density at radius 2 is 1.76 bits per heavy atom. The van der Waals surface area contributed by atoms with Gasteiger partial charge in [-0.1, -0.05) is 23.3 Å². The summed E-state index contributed by atoms with van der Waals surface area (Å²) >= 11 is 0. The molecule has 0 radical (unpaired) electrons. The fraction of sp³-hybridized carbons (Fsp3) is 0.286. The Morgan fingerprint density at radius 3 is 2.32 bits per heavy atom. The number of benzene rings is 1. The lowest BCUT2D eigenvalue weighted by molar-refractivity contribution is 0.110. The number of rotatable bonds is 7. The Bertz CT molecular complexity index is 782. The molecule has 0 aliphatic heterocycles. The maximum Gasteiger partial charge on any atom is 0.185 e. The summed E-state index contributed by atoms with van der Waals surface area (Å²) < 4.78 is 5.32. The maximum atomic E-state index is 10.7. The normalized spacial score (nSPS) is 11.4. The molecule has 0 fully saturated rings. The molecule has 2 aromatic rings. The van der Waals surface area contributed by atoms with Gasteiger partial charge in [-0.25, -0.2) is 0 Å². The van der Waals surface area contributed by atoms with Gasteiger partial charge in [-0.15, -0.1) is 0 Å². The molecule has 2 rings (SSSR count). The van der Waals surface area contributed by atoms with Crippen LogP contribution in [0.1, 0.15) is 49.7 Å². The predicted octanol–water partition coefficient (Wildman–Crippen LogP) is 5.41. The third-order valence-corrected chi connectivity index (χ3v) is 3.98. The van der Waals surface area contributed by atoms with Gasteiger partial charge in [-0.2, -0.15) is 0 Å². The van der Waals surface area contributed by atoms with Gasteiger partial charge < -0.3 is 14.6 Å². The van der Waals surface area contributed by atoms with Crippen LogP contribution in [0.3, 0.4) is 0 Å². The first kappa shape index (κ1) is 18.6. The highest BCUT2D eigenvalue weighted by Gasteiger charge is 2.12. The molecule has 1 heterocycles. The van der Waals surface area contributed by atoms with E-state index in [0.717, 1.165) is 12.8 Å². The minimum absolute atomic E-state index is 0.00685. The van der Waals surface area contributed by atoms with Gasteiger partial charge in [0.2, 0.25) is 0 Å². The van der Waals surface area contributed by atoms with Crippen molar-refractivity contribution in [2.24, 2.45) is 0 Å². The molecule has 0 aliphatic rings. The van der Waals surface area contributed by atoms with E-state index in [-0.39, 0.29) is 17.3 Å². The van der Waals surface area contributed by atoms with E-state index >= 15 is 0 Å². The summed E-state index contributed by atoms with van der Waals surface area (Å²) in [5, 5.41) is 20.5. The fourth-order valence-corrected chi connectivity index (χ4v) is 2.53. The minimum Gasteiger partial charge on any atom is -0.507 e. The van der Waals surface area contributed by atoms with Crippen molar-refractivity contribution in [3.8, 4) is 22.8 Å². The van der Waals surface area contributed by atoms with Gasteiger partial charge in [0.15, 0.2) is 12.0 Å². The van der Waals surface area contributed by atoms with Crippen LogP contribution in [0.4, 0.5) is 0 Å². The maximum absolute atomic E-state index is 10.7. The molecule has 25 heavy (non-hydrogen) atoms. The SMILES string of the molecule is CC(C)=CCC/C(C)=C/Cc1c(O)cc(-c2ccc(C=O)o2)cc1O. The monoisotopic (exact) mass is 340 g/mol. The lowest BCUT2D eigenvalue weighted by Crippen LogP contribution is -1.88. The summed E-state index contributed by atoms with van der Waals surface area (Å²) in [5.74, 6) is 0.639. The molecule has 0 aliphatic carbocycles. The van der Waals surface area contributed by atoms with Gasteiger partial charge in [-0.3, -0.25) is 4.79 Å². The molecule has 4 nitrogen and oxygen atoms in total. The van der Waals surface area contributed by atoms with E-state index in [4.69, 9.17) is 4.42 Å². The van der Waals surface area contributed by atoms with Crippen LogP contribution in [-0.4, -0.2) is 16.5 Å². The van der Waals surface area contributed by atoms with Gasteiger partial charge in [0.1, 0.15) is 17.3 Å². The number of phenols is 2. The molecule has 1 aromatic carbocycles. The zero-order valence-electron chi connectivity index (χ0n) is 14.9. The topological polar surface area (TPSA) is 70.7 Å². The van der Waals surface area contributed by atoms with Crippen LogP contribution in [-0.2, 0) is 6.42 Å². The van der Waals surface area contributed by atoms with Crippen molar-refractivity contribution in [1.29, 1.82) is 0 Å². The van der Waals surface area contributed by atoms with Crippen LogP contribution in [0.5, 0.6) is 11.5 Å². The first-order valence-electron chi connectivity index (χ1n) is 8.30. The number of hydrogen-bond donors (Lipinski definition) is 2. The summed E-state index contributed by atoms with van der Waals surface area (Å²) in [6.45, 7) is 6.20. The molecule has 0 atom stereocenters. The third kappa shape index (κ3) is 5.11. The predicted molar refractivity (Wildman–Crippen MR) is 99.0 cm³/mol. The molecule has 0 unspecified atom stereocenters. The summed E-state index contributed by atoms with van der Waals surface area (Å²) in [4.78, 5) is 10.7. The van der Waals surface area contributed by atoms with Gasteiger partial charge in [0, 0.05) is 11.1 Å². The van der Waals surface area contributed by atoms with Crippen LogP contribution in [0.15, 0.2) is 52.0 Å². The number of hydrogen-bond acceptors (Lipinski definition) is 4. The van der Waals surface area contributed by atoms with E-state index in [1.54, 1.807) is 12.1 Å². The Kier molecular flexibility index (Phi) is 6.23. The van der Waals surface area contributed by atoms with Crippen molar-refractivity contribution in [2.45, 2.75) is 40.0 Å². The first-order valence-corrected chi connectivity index (χ1v) is 8.30. The van der Waals surface area contributed by atoms with Crippen LogP contribution in [0, 0.1) is 0 Å². The molecule has 0 spiro atoms. The van der Waals surface area contributed by atoms with Crippen molar-refractivity contribution in [3.05, 3.63) is 58.9 Å². The van der Waals surface area contributed by atoms with Crippen LogP contribution < -0.4 is 0 Å². The van der Waals surface area contributed by atoms with Crippen LogP contribution in [0.25, 0.3) is 11.3 Å². The molecule has 0 saturated carbocycles. The van der Waals surface area contributed by atoms with Crippen molar-refractivity contribution >= 4 is 6.29 Å². The van der Waals surface area contributed by atoms with E-state index in [1.807, 2.05) is 13.0 Å². The highest BCUT2D eigenvalue weighted by Crippen LogP contribution is 2.35. The molecular formula is C21H24O4. The van der Waals surface area contributed by atoms with Crippen molar-refractivity contribution < 1.29 is 19.4 Å². The number of allylic oxidation sites excluding steroid dienone is 4. The number of furan rings is 1. The Labute approximate surface area is 148 Å². The Morgan fingerprint density at radius 1 is 1.08 bits per heavy atom. The molecule has 132 valence electrons. The molecule has 0 bridgehead atoms. The number of carbonyl (C=O) groups is 1. The molecule has 2 N–H and O–H groups in total. The van der Waals surface area contributed by atoms with E-state index < -0.39 is 0 Å². The Balaban J connectivity index is 2.14. The average Bonchev–Trinajstić information content (AvgIpc) is 3.02. The lowest BCUT2D eigenvalue weighted by Gasteiger charge is -2.08. The fourth-order valence-electron chi connectivity index (χ4n) is 2.53. The summed E-state index contributed by atoms with van der Waals surface area (Å²) in [7, 11) is 0. The minimum atomic E-state index is 0.00685. The quantitative estimate of drug-likeness (QED) is 0.522. The standard InChI is InChI=1S/C21H24O4/c1-14(2)5-4-6-15(3)7-9-18-19(23)11-16(12-20(18)24)21-10-8-17(13-22)25-21/h5,7-8,10-13,23-24H,4,6,9H2,1-3H3/b15-7+. The smallest absolute Gasteiger partial charge is 0.185 e. The zero-order valence-corrected chi connectivity index (χ0v) is 14.9. The molecule has 0 saturated heterocycles. The highest BCUT2D eigenvalue weighted by molar-refractivity contribution is 5.73. The molecular weight excluding hydrogens is 316 g/mol. The third-order valence-electron chi connectivity index (χ3n) is 3.98. The summed E-state index contributed by atoms with van der Waals surface area (Å²) in [6, 6.07) is 6.25. The second-order valence-electron chi connectivity index (χ2n) is 6.39. The molecule has 1 aromatic heterocycles. The van der Waals surface area contributed by atoms with Crippen LogP contribution in [0.2, 0.25) is 0 Å². The molecule has 0 amide bonds. The Hall–Kier alpha value is -2.75. The largest absolute Gasteiger partial charge is 0.507 e. The van der Waals surface area contributed by atoms with Gasteiger partial charge in [-0.05, 0) is 64.3 Å². The summed E-state index contributed by atoms with van der Waals surface area (Å²) in [6.07, 6.45) is 7.21. The van der Waals surface area contributed by atoms with E-state index in [9.17, 15) is 15.0 Å². The zero-order chi connectivity index (χ0) is 18.4. The van der Waals surface area contributed by atoms with Crippen molar-refractivity contribution in [2.75, 3.05) is 0 Å². The van der Waals surface area contributed by atoms with Crippen molar-refractivity contribution in [3.63, 3.8) is 0 Å². The molecule has 4 heteroatoms. The van der Waals surface area contributed by atoms with E-state index in [2.05, 4.69) is 19.9 Å². The van der Waals surface area contributed by atoms with E-state index in [0.29, 0.717) is 29.6 Å². The summed E-state index contributed by atoms with van der Waals surface area (Å²) in [5.41, 5.74) is 3.51. The van der Waals surface area contributed by atoms with Gasteiger partial charge in [0.25, 0.3) is 0 Å².